The molecule has 2 rings (SSSR count). The summed E-state index contributed by atoms with van der Waals surface area (Å²) in [6.07, 6.45) is 0. The molecule has 0 amide bonds. The summed E-state index contributed by atoms with van der Waals surface area (Å²) in [5.74, 6) is -0.879. The zero-order valence-electron chi connectivity index (χ0n) is 6.82. The Labute approximate surface area is 103 Å². The van der Waals surface area contributed by atoms with Crippen LogP contribution >= 0.6 is 46.6 Å². The molecule has 2 nitrogen and oxygen atoms in total. The molecule has 0 saturated carbocycles. The third-order valence-electron chi connectivity index (χ3n) is 1.88. The number of carboxylic acids is 1. The molecule has 0 aliphatic heterocycles. The second-order valence-corrected chi connectivity index (χ2v) is 5.28. The highest BCUT2D eigenvalue weighted by Crippen LogP contribution is 2.33. The van der Waals surface area contributed by atoms with Gasteiger partial charge in [0.15, 0.2) is 0 Å². The lowest BCUT2D eigenvalue weighted by molar-refractivity contribution is 0.0698. The minimum Gasteiger partial charge on any atom is -0.478 e. The molecule has 2 aromatic rings. The van der Waals surface area contributed by atoms with Gasteiger partial charge in [0.2, 0.25) is 0 Å². The predicted molar refractivity (Wildman–Crippen MR) is 68.8 cm³/mol. The Bertz CT molecular complexity index is 519. The summed E-state index contributed by atoms with van der Waals surface area (Å²) in [5, 5.41) is 11.8. The van der Waals surface area contributed by atoms with Crippen molar-refractivity contribution >= 4 is 62.6 Å². The van der Waals surface area contributed by atoms with Crippen molar-refractivity contribution in [3.05, 3.63) is 26.6 Å². The number of fused-ring (bicyclic) bond motifs is 1. The molecule has 0 atom stereocenters. The number of benzene rings is 1. The first kappa shape index (κ1) is 10.3. The lowest BCUT2D eigenvalue weighted by Gasteiger charge is -2.03. The number of hydrogen-bond acceptors (Lipinski definition) is 3. The highest BCUT2D eigenvalue weighted by Gasteiger charge is 2.15. The third kappa shape index (κ3) is 1.53. The zero-order valence-corrected chi connectivity index (χ0v) is 10.7. The van der Waals surface area contributed by atoms with Crippen LogP contribution in [-0.4, -0.2) is 11.1 Å². The fourth-order valence-corrected chi connectivity index (χ4v) is 3.87. The zero-order chi connectivity index (χ0) is 10.3. The summed E-state index contributed by atoms with van der Waals surface area (Å²) in [4.78, 5) is 11.9. The number of hydrogen-bond donors (Lipinski definition) is 2. The molecule has 0 radical (unpaired) electrons. The van der Waals surface area contributed by atoms with Crippen LogP contribution in [0, 0.1) is 3.57 Å². The van der Waals surface area contributed by atoms with E-state index in [1.807, 2.05) is 34.0 Å². The van der Waals surface area contributed by atoms with Crippen LogP contribution in [0.4, 0.5) is 0 Å². The molecule has 1 heterocycles. The summed E-state index contributed by atoms with van der Waals surface area (Å²) in [6, 6.07) is 3.67. The normalized spacial score (nSPS) is 10.7. The molecule has 0 unspecified atom stereocenters. The summed E-state index contributed by atoms with van der Waals surface area (Å²) in [5.41, 5.74) is 0.383. The fraction of sp³-hybridized carbons (Fsp3) is 0. The highest BCUT2D eigenvalue weighted by molar-refractivity contribution is 14.1. The Morgan fingerprint density at radius 3 is 2.93 bits per heavy atom. The Hall–Kier alpha value is -0.270. The Balaban J connectivity index is 2.93. The van der Waals surface area contributed by atoms with Crippen LogP contribution in [0.15, 0.2) is 22.4 Å². The van der Waals surface area contributed by atoms with Crippen molar-refractivity contribution in [2.45, 2.75) is 4.90 Å². The van der Waals surface area contributed by atoms with Gasteiger partial charge in [0.25, 0.3) is 0 Å². The number of carbonyl (C=O) groups is 1. The van der Waals surface area contributed by atoms with Crippen LogP contribution in [0.3, 0.4) is 0 Å². The minimum absolute atomic E-state index is 0.383. The van der Waals surface area contributed by atoms with E-state index in [0.29, 0.717) is 5.56 Å². The van der Waals surface area contributed by atoms with Crippen LogP contribution in [0.5, 0.6) is 0 Å². The molecule has 0 aliphatic carbocycles. The summed E-state index contributed by atoms with van der Waals surface area (Å²) in [7, 11) is 0. The summed E-state index contributed by atoms with van der Waals surface area (Å²) >= 11 is 7.77. The molecule has 72 valence electrons. The van der Waals surface area contributed by atoms with E-state index in [0.717, 1.165) is 18.6 Å². The average Bonchev–Trinajstić information content (AvgIpc) is 2.51. The van der Waals surface area contributed by atoms with E-state index in [1.165, 1.54) is 11.3 Å². The molecule has 0 spiro atoms. The van der Waals surface area contributed by atoms with Crippen LogP contribution in [0.2, 0.25) is 0 Å². The first-order valence-corrected chi connectivity index (χ1v) is 6.14. The van der Waals surface area contributed by atoms with Crippen molar-refractivity contribution in [1.82, 2.24) is 0 Å². The molecular weight excluding hydrogens is 331 g/mol. The van der Waals surface area contributed by atoms with Gasteiger partial charge in [0.1, 0.15) is 0 Å². The molecule has 1 aromatic carbocycles. The monoisotopic (exact) mass is 336 g/mol. The molecule has 14 heavy (non-hydrogen) atoms. The molecule has 1 N–H and O–H groups in total. The molecule has 1 aromatic heterocycles. The number of halogens is 1. The van der Waals surface area contributed by atoms with Gasteiger partial charge in [-0.3, -0.25) is 0 Å². The van der Waals surface area contributed by atoms with Gasteiger partial charge in [0, 0.05) is 13.9 Å². The van der Waals surface area contributed by atoms with Gasteiger partial charge in [-0.25, -0.2) is 4.79 Å². The van der Waals surface area contributed by atoms with E-state index in [9.17, 15) is 4.79 Å². The maximum absolute atomic E-state index is 11.0. The standard InChI is InChI=1S/C9H5IO2S2/c10-5-3-6(13)4-1-2-14-8(4)7(5)9(11)12/h1-3,13H,(H,11,12). The fourth-order valence-electron chi connectivity index (χ4n) is 1.28. The first-order valence-electron chi connectivity index (χ1n) is 3.73. The van der Waals surface area contributed by atoms with E-state index in [4.69, 9.17) is 5.11 Å². The maximum Gasteiger partial charge on any atom is 0.338 e. The third-order valence-corrected chi connectivity index (χ3v) is 4.04. The van der Waals surface area contributed by atoms with E-state index in [1.54, 1.807) is 6.07 Å². The van der Waals surface area contributed by atoms with Crippen molar-refractivity contribution in [3.8, 4) is 0 Å². The summed E-state index contributed by atoms with van der Waals surface area (Å²) in [6.45, 7) is 0. The average molecular weight is 336 g/mol. The minimum atomic E-state index is -0.879. The first-order chi connectivity index (χ1) is 6.61. The van der Waals surface area contributed by atoms with E-state index < -0.39 is 5.97 Å². The molecular formula is C9H5IO2S2. The van der Waals surface area contributed by atoms with Crippen molar-refractivity contribution in [3.63, 3.8) is 0 Å². The number of thiol groups is 1. The topological polar surface area (TPSA) is 37.3 Å². The maximum atomic E-state index is 11.0. The van der Waals surface area contributed by atoms with Gasteiger partial charge in [-0.2, -0.15) is 0 Å². The van der Waals surface area contributed by atoms with Crippen molar-refractivity contribution in [1.29, 1.82) is 0 Å². The Kier molecular flexibility index (Phi) is 2.72. The van der Waals surface area contributed by atoms with E-state index in [-0.39, 0.29) is 0 Å². The van der Waals surface area contributed by atoms with E-state index in [2.05, 4.69) is 12.6 Å². The molecule has 0 bridgehead atoms. The number of thiophene rings is 1. The molecule has 5 heteroatoms. The van der Waals surface area contributed by atoms with Gasteiger partial charge < -0.3 is 5.11 Å². The van der Waals surface area contributed by atoms with Gasteiger partial charge in [-0.1, -0.05) is 0 Å². The Morgan fingerprint density at radius 2 is 2.29 bits per heavy atom. The second-order valence-electron chi connectivity index (χ2n) is 2.72. The largest absolute Gasteiger partial charge is 0.478 e. The van der Waals surface area contributed by atoms with Crippen LogP contribution < -0.4 is 0 Å². The molecule has 0 fully saturated rings. The van der Waals surface area contributed by atoms with Gasteiger partial charge in [-0.05, 0) is 40.1 Å². The molecule has 0 saturated heterocycles. The number of carboxylic acid groups (broad SMARTS) is 1. The predicted octanol–water partition coefficient (Wildman–Crippen LogP) is 3.49. The number of rotatable bonds is 1. The Morgan fingerprint density at radius 1 is 1.57 bits per heavy atom. The lowest BCUT2D eigenvalue weighted by atomic mass is 10.2. The molecule has 0 aliphatic rings. The van der Waals surface area contributed by atoms with Crippen molar-refractivity contribution < 1.29 is 9.90 Å². The van der Waals surface area contributed by atoms with Crippen LogP contribution in [-0.2, 0) is 0 Å². The van der Waals surface area contributed by atoms with Gasteiger partial charge >= 0.3 is 5.97 Å². The number of aromatic carboxylic acids is 1. The second kappa shape index (κ2) is 3.71. The highest BCUT2D eigenvalue weighted by atomic mass is 127. The van der Waals surface area contributed by atoms with Crippen molar-refractivity contribution in [2.75, 3.05) is 0 Å². The van der Waals surface area contributed by atoms with Crippen LogP contribution in [0.25, 0.3) is 10.1 Å². The lowest BCUT2D eigenvalue weighted by Crippen LogP contribution is -1.99. The van der Waals surface area contributed by atoms with E-state index >= 15 is 0 Å². The quantitative estimate of drug-likeness (QED) is 0.618. The van der Waals surface area contributed by atoms with Gasteiger partial charge in [-0.15, -0.1) is 24.0 Å². The summed E-state index contributed by atoms with van der Waals surface area (Å²) < 4.78 is 1.53. The SMILES string of the molecule is O=C(O)c1c(I)cc(S)c2ccsc12. The van der Waals surface area contributed by atoms with Crippen LogP contribution in [0.1, 0.15) is 10.4 Å². The van der Waals surface area contributed by atoms with Gasteiger partial charge in [0.05, 0.1) is 10.3 Å². The van der Waals surface area contributed by atoms with Crippen molar-refractivity contribution in [2.24, 2.45) is 0 Å². The smallest absolute Gasteiger partial charge is 0.338 e.